The number of amides is 2. The van der Waals surface area contributed by atoms with E-state index in [0.717, 1.165) is 26.8 Å². The van der Waals surface area contributed by atoms with Crippen LogP contribution in [0.25, 0.3) is 0 Å². The average molecular weight is 373 g/mol. The first-order chi connectivity index (χ1) is 10.0. The molecule has 1 fully saturated rings. The Bertz CT molecular complexity index is 564. The Labute approximate surface area is 134 Å². The minimum atomic E-state index is -0.729. The number of carbonyl (C=O) groups excluding carboxylic acids is 3. The van der Waals surface area contributed by atoms with Crippen LogP contribution in [0.5, 0.6) is 0 Å². The van der Waals surface area contributed by atoms with Crippen LogP contribution >= 0.6 is 27.7 Å². The van der Waals surface area contributed by atoms with Crippen LogP contribution in [0.4, 0.5) is 10.5 Å². The van der Waals surface area contributed by atoms with Crippen molar-refractivity contribution < 1.29 is 19.1 Å². The lowest BCUT2D eigenvalue weighted by atomic mass is 10.3. The summed E-state index contributed by atoms with van der Waals surface area (Å²) in [6, 6.07) is 7.22. The zero-order chi connectivity index (χ0) is 15.4. The Morgan fingerprint density at radius 3 is 2.67 bits per heavy atom. The Kier molecular flexibility index (Phi) is 5.24. The fourth-order valence-corrected chi connectivity index (χ4v) is 2.88. The highest BCUT2D eigenvalue weighted by molar-refractivity contribution is 9.10. The van der Waals surface area contributed by atoms with Crippen LogP contribution in [0.1, 0.15) is 6.92 Å². The molecular weight excluding hydrogens is 360 g/mol. The van der Waals surface area contributed by atoms with Crippen molar-refractivity contribution in [1.29, 1.82) is 0 Å². The van der Waals surface area contributed by atoms with Gasteiger partial charge in [-0.25, -0.2) is 0 Å². The van der Waals surface area contributed by atoms with Crippen LogP contribution in [0.15, 0.2) is 28.7 Å². The Balaban J connectivity index is 2.00. The third-order valence-electron chi connectivity index (χ3n) is 2.66. The summed E-state index contributed by atoms with van der Waals surface area (Å²) in [6.07, 6.45) is 0. The van der Waals surface area contributed by atoms with E-state index in [1.807, 2.05) is 12.1 Å². The van der Waals surface area contributed by atoms with E-state index < -0.39 is 22.5 Å². The summed E-state index contributed by atoms with van der Waals surface area (Å²) in [4.78, 5) is 36.2. The van der Waals surface area contributed by atoms with Gasteiger partial charge in [0.05, 0.1) is 6.61 Å². The number of hydrogen-bond acceptors (Lipinski definition) is 6. The summed E-state index contributed by atoms with van der Waals surface area (Å²) < 4.78 is 5.66. The van der Waals surface area contributed by atoms with Gasteiger partial charge in [0.2, 0.25) is 0 Å². The summed E-state index contributed by atoms with van der Waals surface area (Å²) in [5.74, 6) is -1.04. The second-order valence-corrected chi connectivity index (χ2v) is 6.12. The van der Waals surface area contributed by atoms with Gasteiger partial charge in [-0.05, 0) is 43.0 Å². The van der Waals surface area contributed by atoms with Gasteiger partial charge < -0.3 is 10.1 Å². The van der Waals surface area contributed by atoms with Gasteiger partial charge in [-0.2, -0.15) is 0 Å². The predicted molar refractivity (Wildman–Crippen MR) is 82.9 cm³/mol. The molecule has 1 aromatic carbocycles. The number of carbonyl (C=O) groups is 3. The van der Waals surface area contributed by atoms with E-state index in [2.05, 4.69) is 21.2 Å². The van der Waals surface area contributed by atoms with Crippen molar-refractivity contribution >= 4 is 50.5 Å². The maximum atomic E-state index is 12.1. The average Bonchev–Trinajstić information content (AvgIpc) is 2.69. The van der Waals surface area contributed by atoms with E-state index >= 15 is 0 Å². The van der Waals surface area contributed by atoms with Crippen molar-refractivity contribution in [3.05, 3.63) is 28.7 Å². The van der Waals surface area contributed by atoms with Crippen LogP contribution < -0.4 is 5.32 Å². The zero-order valence-electron chi connectivity index (χ0n) is 11.2. The van der Waals surface area contributed by atoms with Crippen molar-refractivity contribution in [3.63, 3.8) is 0 Å². The van der Waals surface area contributed by atoms with Crippen molar-refractivity contribution in [3.8, 4) is 0 Å². The number of anilines is 1. The molecule has 0 saturated carbocycles. The molecule has 1 saturated heterocycles. The predicted octanol–water partition coefficient (Wildman–Crippen LogP) is 2.45. The van der Waals surface area contributed by atoms with Crippen LogP contribution in [0.2, 0.25) is 0 Å². The van der Waals surface area contributed by atoms with E-state index in [4.69, 9.17) is 4.74 Å². The van der Waals surface area contributed by atoms with Gasteiger partial charge in [0.1, 0.15) is 6.54 Å². The molecule has 1 heterocycles. The first-order valence-electron chi connectivity index (χ1n) is 6.21. The zero-order valence-corrected chi connectivity index (χ0v) is 13.6. The van der Waals surface area contributed by atoms with Crippen LogP contribution in [0.3, 0.4) is 0 Å². The minimum Gasteiger partial charge on any atom is -0.465 e. The molecule has 21 heavy (non-hydrogen) atoms. The van der Waals surface area contributed by atoms with Crippen molar-refractivity contribution in [2.45, 2.75) is 12.3 Å². The molecule has 2 amide bonds. The molecule has 0 bridgehead atoms. The van der Waals surface area contributed by atoms with Gasteiger partial charge >= 0.3 is 5.97 Å². The van der Waals surface area contributed by atoms with Crippen molar-refractivity contribution in [2.75, 3.05) is 18.5 Å². The number of nitrogens with zero attached hydrogens (tertiary/aromatic N) is 1. The van der Waals surface area contributed by atoms with E-state index in [-0.39, 0.29) is 13.2 Å². The number of imide groups is 1. The number of esters is 1. The lowest BCUT2D eigenvalue weighted by Crippen LogP contribution is -2.38. The Morgan fingerprint density at radius 2 is 2.05 bits per heavy atom. The van der Waals surface area contributed by atoms with E-state index in [1.54, 1.807) is 19.1 Å². The molecule has 1 aliphatic rings. The molecule has 1 N–H and O–H groups in total. The minimum absolute atomic E-state index is 0.211. The fourth-order valence-electron chi connectivity index (χ4n) is 1.71. The number of halogens is 1. The monoisotopic (exact) mass is 372 g/mol. The molecule has 0 spiro atoms. The molecule has 1 aromatic rings. The number of rotatable bonds is 5. The second kappa shape index (κ2) is 6.95. The quantitative estimate of drug-likeness (QED) is 0.800. The largest absolute Gasteiger partial charge is 0.465 e. The van der Waals surface area contributed by atoms with Gasteiger partial charge in [-0.15, -0.1) is 0 Å². The van der Waals surface area contributed by atoms with Gasteiger partial charge in [0.25, 0.3) is 11.1 Å². The first-order valence-corrected chi connectivity index (χ1v) is 7.88. The highest BCUT2D eigenvalue weighted by Crippen LogP contribution is 2.28. The Hall–Kier alpha value is -1.54. The molecule has 0 unspecified atom stereocenters. The number of hydrogen-bond donors (Lipinski definition) is 1. The summed E-state index contributed by atoms with van der Waals surface area (Å²) in [5, 5.41) is 1.78. The third-order valence-corrected chi connectivity index (χ3v) is 4.17. The molecule has 8 heteroatoms. The van der Waals surface area contributed by atoms with Crippen molar-refractivity contribution in [2.24, 2.45) is 0 Å². The number of benzene rings is 1. The van der Waals surface area contributed by atoms with Gasteiger partial charge in [0, 0.05) is 10.2 Å². The number of ether oxygens (including phenoxy) is 1. The summed E-state index contributed by atoms with van der Waals surface area (Å²) in [7, 11) is 0. The highest BCUT2D eigenvalue weighted by atomic mass is 79.9. The van der Waals surface area contributed by atoms with Crippen LogP contribution in [-0.2, 0) is 14.3 Å². The summed E-state index contributed by atoms with van der Waals surface area (Å²) >= 11 is 4.17. The molecule has 1 atom stereocenters. The lowest BCUT2D eigenvalue weighted by Gasteiger charge is -2.14. The molecule has 1 aliphatic heterocycles. The lowest BCUT2D eigenvalue weighted by molar-refractivity contribution is -0.146. The number of thioether (sulfide) groups is 1. The smallest absolute Gasteiger partial charge is 0.326 e. The van der Waals surface area contributed by atoms with Gasteiger partial charge in [0.15, 0.2) is 5.37 Å². The fraction of sp³-hybridized carbons (Fsp3) is 0.308. The third kappa shape index (κ3) is 3.98. The normalized spacial score (nSPS) is 18.0. The molecule has 112 valence electrons. The summed E-state index contributed by atoms with van der Waals surface area (Å²) in [5.41, 5.74) is 0.717. The van der Waals surface area contributed by atoms with E-state index in [9.17, 15) is 14.4 Å². The van der Waals surface area contributed by atoms with Gasteiger partial charge in [-0.3, -0.25) is 19.3 Å². The van der Waals surface area contributed by atoms with Crippen LogP contribution in [0, 0.1) is 0 Å². The second-order valence-electron chi connectivity index (χ2n) is 4.14. The topological polar surface area (TPSA) is 75.7 Å². The number of nitrogens with one attached hydrogen (secondary N) is 1. The van der Waals surface area contributed by atoms with E-state index in [0.29, 0.717) is 0 Å². The van der Waals surface area contributed by atoms with Crippen molar-refractivity contribution in [1.82, 2.24) is 4.90 Å². The Morgan fingerprint density at radius 1 is 1.38 bits per heavy atom. The first kappa shape index (κ1) is 15.8. The highest BCUT2D eigenvalue weighted by Gasteiger charge is 2.40. The standard InChI is InChI=1S/C13H13BrN2O4S/c1-2-20-10(17)7-16-12(18)11(21-13(16)19)15-9-5-3-8(14)4-6-9/h3-6,11,15H,2,7H2,1H3/t11-/m0/s1. The maximum absolute atomic E-state index is 12.1. The van der Waals surface area contributed by atoms with Gasteiger partial charge in [-0.1, -0.05) is 15.9 Å². The molecule has 6 nitrogen and oxygen atoms in total. The molecule has 0 aliphatic carbocycles. The SMILES string of the molecule is CCOC(=O)CN1C(=O)S[C@H](Nc2ccc(Br)cc2)C1=O. The molecular formula is C13H13BrN2O4S. The van der Waals surface area contributed by atoms with E-state index in [1.165, 1.54) is 0 Å². The maximum Gasteiger partial charge on any atom is 0.326 e. The molecule has 0 aromatic heterocycles. The summed E-state index contributed by atoms with van der Waals surface area (Å²) in [6.45, 7) is 1.53. The molecule has 2 rings (SSSR count). The van der Waals surface area contributed by atoms with Crippen LogP contribution in [-0.4, -0.2) is 40.5 Å². The molecule has 0 radical (unpaired) electrons.